The molecule has 0 bridgehead atoms. The number of amides is 1. The maximum absolute atomic E-state index is 12.6. The van der Waals surface area contributed by atoms with E-state index >= 15 is 0 Å². The molecular weight excluding hydrogens is 294 g/mol. The SMILES string of the molecule is COc1ccc2c(C(=O)NC3CCC(C)CC3)cc(=O)oc2c1. The molecule has 1 aromatic carbocycles. The van der Waals surface area contributed by atoms with Crippen LogP contribution in [0.3, 0.4) is 0 Å². The quantitative estimate of drug-likeness (QED) is 0.884. The van der Waals surface area contributed by atoms with Crippen LogP contribution in [0.5, 0.6) is 5.75 Å². The molecule has 1 N–H and O–H groups in total. The second-order valence-corrected chi connectivity index (χ2v) is 6.27. The Kier molecular flexibility index (Phi) is 4.37. The number of carbonyl (C=O) groups excluding carboxylic acids is 1. The van der Waals surface area contributed by atoms with Crippen molar-refractivity contribution in [2.24, 2.45) is 5.92 Å². The zero-order valence-electron chi connectivity index (χ0n) is 13.4. The topological polar surface area (TPSA) is 68.5 Å². The highest BCUT2D eigenvalue weighted by atomic mass is 16.5. The van der Waals surface area contributed by atoms with Gasteiger partial charge in [-0.25, -0.2) is 4.79 Å². The maximum Gasteiger partial charge on any atom is 0.337 e. The van der Waals surface area contributed by atoms with Gasteiger partial charge < -0.3 is 14.5 Å². The van der Waals surface area contributed by atoms with Crippen molar-refractivity contribution in [1.82, 2.24) is 5.32 Å². The minimum atomic E-state index is -0.534. The lowest BCUT2D eigenvalue weighted by atomic mass is 9.87. The maximum atomic E-state index is 12.6. The van der Waals surface area contributed by atoms with E-state index < -0.39 is 5.63 Å². The van der Waals surface area contributed by atoms with E-state index in [4.69, 9.17) is 9.15 Å². The van der Waals surface area contributed by atoms with Crippen LogP contribution in [0.1, 0.15) is 43.0 Å². The minimum absolute atomic E-state index is 0.180. The van der Waals surface area contributed by atoms with E-state index in [1.54, 1.807) is 25.3 Å². The Morgan fingerprint density at radius 1 is 1.22 bits per heavy atom. The summed E-state index contributed by atoms with van der Waals surface area (Å²) >= 11 is 0. The van der Waals surface area contributed by atoms with Crippen molar-refractivity contribution < 1.29 is 13.9 Å². The largest absolute Gasteiger partial charge is 0.497 e. The predicted octanol–water partition coefficient (Wildman–Crippen LogP) is 3.11. The number of rotatable bonds is 3. The number of nitrogens with one attached hydrogen (secondary N) is 1. The van der Waals surface area contributed by atoms with Gasteiger partial charge in [-0.1, -0.05) is 6.92 Å². The van der Waals surface area contributed by atoms with E-state index in [1.807, 2.05) is 0 Å². The fourth-order valence-corrected chi connectivity index (χ4v) is 3.13. The van der Waals surface area contributed by atoms with Gasteiger partial charge in [0.25, 0.3) is 5.91 Å². The van der Waals surface area contributed by atoms with Crippen molar-refractivity contribution in [2.75, 3.05) is 7.11 Å². The van der Waals surface area contributed by atoms with Crippen LogP contribution in [-0.4, -0.2) is 19.1 Å². The summed E-state index contributed by atoms with van der Waals surface area (Å²) in [6.07, 6.45) is 4.22. The van der Waals surface area contributed by atoms with Crippen LogP contribution in [-0.2, 0) is 0 Å². The highest BCUT2D eigenvalue weighted by Gasteiger charge is 2.22. The van der Waals surface area contributed by atoms with Gasteiger partial charge in [0, 0.05) is 23.6 Å². The van der Waals surface area contributed by atoms with Gasteiger partial charge in [0.2, 0.25) is 0 Å². The van der Waals surface area contributed by atoms with Crippen molar-refractivity contribution in [3.8, 4) is 5.75 Å². The number of fused-ring (bicyclic) bond motifs is 1. The highest BCUT2D eigenvalue weighted by molar-refractivity contribution is 6.05. The van der Waals surface area contributed by atoms with Gasteiger partial charge in [-0.05, 0) is 43.7 Å². The number of ether oxygens (including phenoxy) is 1. The molecule has 23 heavy (non-hydrogen) atoms. The summed E-state index contributed by atoms with van der Waals surface area (Å²) in [7, 11) is 1.54. The lowest BCUT2D eigenvalue weighted by Gasteiger charge is -2.27. The van der Waals surface area contributed by atoms with Crippen molar-refractivity contribution >= 4 is 16.9 Å². The van der Waals surface area contributed by atoms with Crippen LogP contribution in [0.4, 0.5) is 0 Å². The zero-order chi connectivity index (χ0) is 16.4. The first kappa shape index (κ1) is 15.6. The third-order valence-corrected chi connectivity index (χ3v) is 4.55. The number of hydrogen-bond donors (Lipinski definition) is 1. The van der Waals surface area contributed by atoms with E-state index in [2.05, 4.69) is 12.2 Å². The molecule has 1 saturated carbocycles. The second-order valence-electron chi connectivity index (χ2n) is 6.27. The summed E-state index contributed by atoms with van der Waals surface area (Å²) in [6, 6.07) is 6.56. The second kappa shape index (κ2) is 6.44. The molecule has 0 unspecified atom stereocenters. The van der Waals surface area contributed by atoms with E-state index in [0.29, 0.717) is 22.3 Å². The third-order valence-electron chi connectivity index (χ3n) is 4.55. The highest BCUT2D eigenvalue weighted by Crippen LogP contribution is 2.25. The fourth-order valence-electron chi connectivity index (χ4n) is 3.13. The van der Waals surface area contributed by atoms with Crippen LogP contribution in [0.25, 0.3) is 11.0 Å². The first-order valence-electron chi connectivity index (χ1n) is 7.99. The molecule has 0 saturated heterocycles. The smallest absolute Gasteiger partial charge is 0.337 e. The minimum Gasteiger partial charge on any atom is -0.497 e. The van der Waals surface area contributed by atoms with E-state index in [1.165, 1.54) is 6.07 Å². The molecule has 0 radical (unpaired) electrons. The van der Waals surface area contributed by atoms with Gasteiger partial charge >= 0.3 is 5.63 Å². The van der Waals surface area contributed by atoms with Gasteiger partial charge in [-0.15, -0.1) is 0 Å². The van der Waals surface area contributed by atoms with E-state index in [9.17, 15) is 9.59 Å². The van der Waals surface area contributed by atoms with Gasteiger partial charge in [0.1, 0.15) is 11.3 Å². The summed E-state index contributed by atoms with van der Waals surface area (Å²) in [5, 5.41) is 3.67. The lowest BCUT2D eigenvalue weighted by Crippen LogP contribution is -2.37. The molecule has 2 aromatic rings. The number of methoxy groups -OCH3 is 1. The molecule has 1 aliphatic carbocycles. The molecule has 1 amide bonds. The first-order chi connectivity index (χ1) is 11.1. The lowest BCUT2D eigenvalue weighted by molar-refractivity contribution is 0.0924. The van der Waals surface area contributed by atoms with E-state index in [-0.39, 0.29) is 11.9 Å². The Balaban J connectivity index is 1.89. The van der Waals surface area contributed by atoms with Crippen molar-refractivity contribution in [3.05, 3.63) is 40.2 Å². The fraction of sp³-hybridized carbons (Fsp3) is 0.444. The van der Waals surface area contributed by atoms with Crippen molar-refractivity contribution in [2.45, 2.75) is 38.6 Å². The Labute approximate surface area is 134 Å². The molecule has 1 heterocycles. The first-order valence-corrected chi connectivity index (χ1v) is 7.99. The van der Waals surface area contributed by atoms with Crippen LogP contribution in [0, 0.1) is 5.92 Å². The van der Waals surface area contributed by atoms with Crippen LogP contribution < -0.4 is 15.7 Å². The van der Waals surface area contributed by atoms with Crippen LogP contribution in [0.2, 0.25) is 0 Å². The number of benzene rings is 1. The normalized spacial score (nSPS) is 21.1. The average Bonchev–Trinajstić information content (AvgIpc) is 2.55. The van der Waals surface area contributed by atoms with Gasteiger partial charge in [0.15, 0.2) is 0 Å². The molecule has 122 valence electrons. The summed E-state index contributed by atoms with van der Waals surface area (Å²) in [6.45, 7) is 2.24. The molecule has 0 aliphatic heterocycles. The predicted molar refractivity (Wildman–Crippen MR) is 87.9 cm³/mol. The molecule has 5 nitrogen and oxygen atoms in total. The molecule has 1 aromatic heterocycles. The van der Waals surface area contributed by atoms with Crippen LogP contribution >= 0.6 is 0 Å². The summed E-state index contributed by atoms with van der Waals surface area (Å²) in [5.41, 5.74) is 0.185. The summed E-state index contributed by atoms with van der Waals surface area (Å²) in [4.78, 5) is 24.3. The Morgan fingerprint density at radius 3 is 2.65 bits per heavy atom. The molecular formula is C18H21NO4. The van der Waals surface area contributed by atoms with Crippen molar-refractivity contribution in [3.63, 3.8) is 0 Å². The Bertz CT molecular complexity index is 772. The van der Waals surface area contributed by atoms with Gasteiger partial charge in [-0.3, -0.25) is 4.79 Å². The Morgan fingerprint density at radius 2 is 1.96 bits per heavy atom. The number of hydrogen-bond acceptors (Lipinski definition) is 4. The molecule has 1 fully saturated rings. The van der Waals surface area contributed by atoms with Gasteiger partial charge in [0.05, 0.1) is 12.7 Å². The molecule has 0 spiro atoms. The zero-order valence-corrected chi connectivity index (χ0v) is 13.4. The molecule has 0 atom stereocenters. The van der Waals surface area contributed by atoms with E-state index in [0.717, 1.165) is 31.6 Å². The average molecular weight is 315 g/mol. The summed E-state index contributed by atoms with van der Waals surface area (Å²) in [5.74, 6) is 1.09. The standard InChI is InChI=1S/C18H21NO4/c1-11-3-5-12(6-4-11)19-18(21)15-10-17(20)23-16-9-13(22-2)7-8-14(15)16/h7-12H,3-6H2,1-2H3,(H,19,21). The van der Waals surface area contributed by atoms with Gasteiger partial charge in [-0.2, -0.15) is 0 Å². The molecule has 3 rings (SSSR count). The van der Waals surface area contributed by atoms with Crippen molar-refractivity contribution in [1.29, 1.82) is 0 Å². The summed E-state index contributed by atoms with van der Waals surface area (Å²) < 4.78 is 10.3. The molecule has 5 heteroatoms. The monoisotopic (exact) mass is 315 g/mol. The molecule has 1 aliphatic rings. The third kappa shape index (κ3) is 3.38. The van der Waals surface area contributed by atoms with Crippen LogP contribution in [0.15, 0.2) is 33.5 Å². The Hall–Kier alpha value is -2.30. The number of carbonyl (C=O) groups is 1.